The summed E-state index contributed by atoms with van der Waals surface area (Å²) < 4.78 is 24.5. The van der Waals surface area contributed by atoms with Crippen molar-refractivity contribution in [1.82, 2.24) is 0 Å². The third kappa shape index (κ3) is 4.51. The van der Waals surface area contributed by atoms with Gasteiger partial charge in [-0.3, -0.25) is 0 Å². The molecule has 0 spiro atoms. The van der Waals surface area contributed by atoms with Gasteiger partial charge in [-0.15, -0.1) is 0 Å². The molecule has 0 radical (unpaired) electrons. The average molecular weight is 395 g/mol. The summed E-state index contributed by atoms with van der Waals surface area (Å²) in [5, 5.41) is 0. The molecule has 2 saturated heterocycles. The number of hydrogen-bond donors (Lipinski definition) is 0. The molecule has 2 aliphatic carbocycles. The Balaban J connectivity index is 1.46. The van der Waals surface area contributed by atoms with E-state index in [2.05, 4.69) is 0 Å². The number of hydrogen-bond acceptors (Lipinski definition) is 5. The summed E-state index contributed by atoms with van der Waals surface area (Å²) in [7, 11) is 0. The topological polar surface area (TPSA) is 54.0 Å². The molecule has 5 nitrogen and oxygen atoms in total. The Morgan fingerprint density at radius 1 is 0.607 bits per heavy atom. The van der Waals surface area contributed by atoms with Gasteiger partial charge in [-0.05, 0) is 51.4 Å². The lowest BCUT2D eigenvalue weighted by Crippen LogP contribution is -2.52. The van der Waals surface area contributed by atoms with Crippen molar-refractivity contribution >= 4 is 6.16 Å². The normalized spacial score (nSPS) is 36.0. The van der Waals surface area contributed by atoms with Crippen molar-refractivity contribution in [3.8, 4) is 0 Å². The van der Waals surface area contributed by atoms with E-state index < -0.39 is 17.7 Å². The van der Waals surface area contributed by atoms with Gasteiger partial charge in [0, 0.05) is 24.7 Å². The van der Waals surface area contributed by atoms with Gasteiger partial charge >= 0.3 is 6.16 Å². The zero-order chi connectivity index (χ0) is 19.3. The second-order valence-corrected chi connectivity index (χ2v) is 9.36. The van der Waals surface area contributed by atoms with E-state index in [4.69, 9.17) is 18.9 Å². The standard InChI is InChI=1S/C23H38O5/c24-21(27-22(15-7-9-17-25-22)19-11-3-1-4-12-19)28-23(16-8-10-18-26-23)20-13-5-2-6-14-20/h19-20H,1-18H2. The van der Waals surface area contributed by atoms with E-state index in [0.717, 1.165) is 64.2 Å². The fourth-order valence-electron chi connectivity index (χ4n) is 5.94. The van der Waals surface area contributed by atoms with E-state index in [1.807, 2.05) is 0 Å². The molecule has 0 N–H and O–H groups in total. The maximum atomic E-state index is 13.1. The Kier molecular flexibility index (Phi) is 6.82. The third-order valence-electron chi connectivity index (χ3n) is 7.50. The summed E-state index contributed by atoms with van der Waals surface area (Å²) in [5.41, 5.74) is 0. The quantitative estimate of drug-likeness (QED) is 0.540. The van der Waals surface area contributed by atoms with E-state index in [9.17, 15) is 4.79 Å². The molecule has 0 aromatic rings. The molecule has 2 atom stereocenters. The lowest BCUT2D eigenvalue weighted by Gasteiger charge is -2.46. The Bertz CT molecular complexity index is 451. The first-order valence-corrected chi connectivity index (χ1v) is 11.9. The highest BCUT2D eigenvalue weighted by Gasteiger charge is 2.50. The van der Waals surface area contributed by atoms with Crippen LogP contribution in [0.3, 0.4) is 0 Å². The Labute approximate surface area is 169 Å². The van der Waals surface area contributed by atoms with Gasteiger partial charge in [0.1, 0.15) is 0 Å². The Morgan fingerprint density at radius 2 is 1.04 bits per heavy atom. The highest BCUT2D eigenvalue weighted by atomic mass is 16.8. The van der Waals surface area contributed by atoms with Crippen LogP contribution >= 0.6 is 0 Å². The summed E-state index contributed by atoms with van der Waals surface area (Å²) in [5.74, 6) is -0.963. The van der Waals surface area contributed by atoms with Crippen LogP contribution in [0, 0.1) is 11.8 Å². The van der Waals surface area contributed by atoms with E-state index in [1.165, 1.54) is 38.5 Å². The molecule has 28 heavy (non-hydrogen) atoms. The predicted octanol–water partition coefficient (Wildman–Crippen LogP) is 6.09. The molecule has 2 aliphatic heterocycles. The highest BCUT2D eigenvalue weighted by Crippen LogP contribution is 2.44. The van der Waals surface area contributed by atoms with Gasteiger partial charge in [0.15, 0.2) is 0 Å². The van der Waals surface area contributed by atoms with Gasteiger partial charge in [0.2, 0.25) is 11.6 Å². The van der Waals surface area contributed by atoms with E-state index in [0.29, 0.717) is 25.0 Å². The van der Waals surface area contributed by atoms with Gasteiger partial charge in [0.25, 0.3) is 0 Å². The largest absolute Gasteiger partial charge is 0.513 e. The van der Waals surface area contributed by atoms with Crippen LogP contribution in [0.25, 0.3) is 0 Å². The predicted molar refractivity (Wildman–Crippen MR) is 106 cm³/mol. The van der Waals surface area contributed by atoms with Crippen molar-refractivity contribution in [3.63, 3.8) is 0 Å². The van der Waals surface area contributed by atoms with Crippen LogP contribution in [-0.4, -0.2) is 30.9 Å². The minimum Gasteiger partial charge on any atom is -0.401 e. The molecular formula is C23H38O5. The van der Waals surface area contributed by atoms with Crippen molar-refractivity contribution in [2.75, 3.05) is 13.2 Å². The fraction of sp³-hybridized carbons (Fsp3) is 0.957. The second kappa shape index (κ2) is 9.34. The molecule has 0 bridgehead atoms. The molecular weight excluding hydrogens is 356 g/mol. The highest BCUT2D eigenvalue weighted by molar-refractivity contribution is 5.61. The minimum atomic E-state index is -0.780. The first-order valence-electron chi connectivity index (χ1n) is 11.9. The average Bonchev–Trinajstić information content (AvgIpc) is 2.76. The molecule has 2 unspecified atom stereocenters. The Morgan fingerprint density at radius 3 is 1.39 bits per heavy atom. The molecule has 5 heteroatoms. The molecule has 2 heterocycles. The Hall–Kier alpha value is -0.810. The number of carbonyl (C=O) groups excluding carboxylic acids is 1. The van der Waals surface area contributed by atoms with Crippen LogP contribution in [0.4, 0.5) is 4.79 Å². The number of rotatable bonds is 4. The van der Waals surface area contributed by atoms with Crippen LogP contribution in [0.2, 0.25) is 0 Å². The van der Waals surface area contributed by atoms with Gasteiger partial charge in [-0.25, -0.2) is 4.79 Å². The van der Waals surface area contributed by atoms with Crippen LogP contribution < -0.4 is 0 Å². The summed E-state index contributed by atoms with van der Waals surface area (Å²) in [6.07, 6.45) is 16.9. The van der Waals surface area contributed by atoms with E-state index in [-0.39, 0.29) is 0 Å². The maximum Gasteiger partial charge on any atom is 0.513 e. The summed E-state index contributed by atoms with van der Waals surface area (Å²) in [6.45, 7) is 1.35. The third-order valence-corrected chi connectivity index (χ3v) is 7.50. The monoisotopic (exact) mass is 394 g/mol. The van der Waals surface area contributed by atoms with Gasteiger partial charge in [-0.2, -0.15) is 0 Å². The molecule has 2 saturated carbocycles. The lowest BCUT2D eigenvalue weighted by atomic mass is 9.80. The van der Waals surface area contributed by atoms with Crippen LogP contribution in [-0.2, 0) is 18.9 Å². The van der Waals surface area contributed by atoms with Crippen LogP contribution in [0.1, 0.15) is 103 Å². The van der Waals surface area contributed by atoms with Crippen LogP contribution in [0.15, 0.2) is 0 Å². The van der Waals surface area contributed by atoms with Crippen molar-refractivity contribution in [2.45, 2.75) is 114 Å². The molecule has 0 aromatic carbocycles. The van der Waals surface area contributed by atoms with E-state index in [1.54, 1.807) is 0 Å². The first kappa shape index (κ1) is 20.5. The SMILES string of the molecule is O=C(OC1(C2CCCCC2)CCCCO1)OC1(C2CCCCC2)CCCCO1. The van der Waals surface area contributed by atoms with Crippen LogP contribution in [0.5, 0.6) is 0 Å². The summed E-state index contributed by atoms with van der Waals surface area (Å²) >= 11 is 0. The molecule has 4 fully saturated rings. The van der Waals surface area contributed by atoms with Crippen molar-refractivity contribution in [1.29, 1.82) is 0 Å². The molecule has 4 aliphatic rings. The number of ether oxygens (including phenoxy) is 4. The minimum absolute atomic E-state index is 0.298. The fourth-order valence-corrected chi connectivity index (χ4v) is 5.94. The molecule has 0 aromatic heterocycles. The van der Waals surface area contributed by atoms with Crippen molar-refractivity contribution in [2.24, 2.45) is 11.8 Å². The van der Waals surface area contributed by atoms with Crippen molar-refractivity contribution < 1.29 is 23.7 Å². The summed E-state index contributed by atoms with van der Waals surface area (Å²) in [4.78, 5) is 13.1. The second-order valence-electron chi connectivity index (χ2n) is 9.36. The summed E-state index contributed by atoms with van der Waals surface area (Å²) in [6, 6.07) is 0. The molecule has 160 valence electrons. The van der Waals surface area contributed by atoms with E-state index >= 15 is 0 Å². The smallest absolute Gasteiger partial charge is 0.401 e. The zero-order valence-electron chi connectivity index (χ0n) is 17.4. The molecule has 4 rings (SSSR count). The first-order chi connectivity index (χ1) is 13.7. The van der Waals surface area contributed by atoms with Crippen molar-refractivity contribution in [3.05, 3.63) is 0 Å². The van der Waals surface area contributed by atoms with Gasteiger partial charge in [0.05, 0.1) is 13.2 Å². The maximum absolute atomic E-state index is 13.1. The zero-order valence-corrected chi connectivity index (χ0v) is 17.4. The lowest BCUT2D eigenvalue weighted by molar-refractivity contribution is -0.302. The molecule has 0 amide bonds. The van der Waals surface area contributed by atoms with Gasteiger partial charge < -0.3 is 18.9 Å². The van der Waals surface area contributed by atoms with Gasteiger partial charge in [-0.1, -0.05) is 38.5 Å². The number of carbonyl (C=O) groups is 1.